The zero-order valence-corrected chi connectivity index (χ0v) is 11.6. The largest absolute Gasteiger partial charge is 0.482 e. The van der Waals surface area contributed by atoms with Crippen LogP contribution in [0.4, 0.5) is 5.69 Å². The van der Waals surface area contributed by atoms with E-state index >= 15 is 0 Å². The van der Waals surface area contributed by atoms with Crippen LogP contribution in [-0.4, -0.2) is 17.5 Å². The Bertz CT molecular complexity index is 616. The predicted molar refractivity (Wildman–Crippen MR) is 75.1 cm³/mol. The van der Waals surface area contributed by atoms with Crippen molar-refractivity contribution in [3.05, 3.63) is 52.8 Å². The molecule has 0 spiro atoms. The molecule has 96 valence electrons. The van der Waals surface area contributed by atoms with Crippen LogP contribution < -0.4 is 9.64 Å². The number of pyridine rings is 1. The van der Waals surface area contributed by atoms with Gasteiger partial charge in [-0.05, 0) is 35.9 Å². The first-order valence-electron chi connectivity index (χ1n) is 5.85. The van der Waals surface area contributed by atoms with E-state index in [0.717, 1.165) is 21.5 Å². The Kier molecular flexibility index (Phi) is 3.21. The average Bonchev–Trinajstić information content (AvgIpc) is 2.43. The number of ether oxygens (including phenoxy) is 1. The molecule has 1 aliphatic rings. The number of hydrogen-bond acceptors (Lipinski definition) is 3. The topological polar surface area (TPSA) is 42.4 Å². The summed E-state index contributed by atoms with van der Waals surface area (Å²) in [6.07, 6.45) is 3.45. The Hall–Kier alpha value is -1.88. The number of carbonyl (C=O) groups excluding carboxylic acids is 1. The lowest BCUT2D eigenvalue weighted by atomic mass is 10.2. The molecule has 3 rings (SSSR count). The molecule has 0 saturated carbocycles. The maximum Gasteiger partial charge on any atom is 0.265 e. The molecule has 0 aliphatic carbocycles. The summed E-state index contributed by atoms with van der Waals surface area (Å²) in [6, 6.07) is 9.47. The van der Waals surface area contributed by atoms with E-state index in [4.69, 9.17) is 4.74 Å². The van der Waals surface area contributed by atoms with Gasteiger partial charge in [0, 0.05) is 16.9 Å². The second kappa shape index (κ2) is 5.01. The highest BCUT2D eigenvalue weighted by molar-refractivity contribution is 9.10. The fraction of sp³-hybridized carbons (Fsp3) is 0.143. The van der Waals surface area contributed by atoms with Gasteiger partial charge in [0.15, 0.2) is 6.61 Å². The smallest absolute Gasteiger partial charge is 0.265 e. The van der Waals surface area contributed by atoms with Crippen molar-refractivity contribution in [1.82, 2.24) is 4.98 Å². The van der Waals surface area contributed by atoms with Gasteiger partial charge in [-0.15, -0.1) is 0 Å². The second-order valence-electron chi connectivity index (χ2n) is 4.24. The zero-order chi connectivity index (χ0) is 13.2. The van der Waals surface area contributed by atoms with Gasteiger partial charge >= 0.3 is 0 Å². The van der Waals surface area contributed by atoms with Crippen LogP contribution in [0.15, 0.2) is 47.2 Å². The maximum atomic E-state index is 12.0. The SMILES string of the molecule is O=C1COc2ccc(Br)cc2N1Cc1ccncc1. The number of anilines is 1. The van der Waals surface area contributed by atoms with Gasteiger partial charge in [-0.2, -0.15) is 0 Å². The number of hydrogen-bond donors (Lipinski definition) is 0. The van der Waals surface area contributed by atoms with E-state index in [-0.39, 0.29) is 12.5 Å². The van der Waals surface area contributed by atoms with Crippen LogP contribution in [0, 0.1) is 0 Å². The lowest BCUT2D eigenvalue weighted by Crippen LogP contribution is -2.38. The van der Waals surface area contributed by atoms with Crippen LogP contribution in [0.1, 0.15) is 5.56 Å². The number of benzene rings is 1. The minimum absolute atomic E-state index is 0.0394. The van der Waals surface area contributed by atoms with E-state index in [0.29, 0.717) is 6.54 Å². The summed E-state index contributed by atoms with van der Waals surface area (Å²) >= 11 is 3.42. The van der Waals surface area contributed by atoms with Crippen LogP contribution in [0.3, 0.4) is 0 Å². The highest BCUT2D eigenvalue weighted by Gasteiger charge is 2.25. The first kappa shape index (κ1) is 12.2. The molecule has 1 aliphatic heterocycles. The Morgan fingerprint density at radius 3 is 2.84 bits per heavy atom. The molecule has 0 unspecified atom stereocenters. The normalized spacial score (nSPS) is 13.9. The quantitative estimate of drug-likeness (QED) is 0.855. The third-order valence-electron chi connectivity index (χ3n) is 2.95. The third kappa shape index (κ3) is 2.46. The Morgan fingerprint density at radius 1 is 1.26 bits per heavy atom. The molecule has 5 heteroatoms. The molecule has 0 bridgehead atoms. The molecule has 2 aromatic rings. The second-order valence-corrected chi connectivity index (χ2v) is 5.15. The van der Waals surface area contributed by atoms with E-state index in [1.54, 1.807) is 17.3 Å². The van der Waals surface area contributed by atoms with Crippen LogP contribution in [0.25, 0.3) is 0 Å². The van der Waals surface area contributed by atoms with Gasteiger partial charge in [0.1, 0.15) is 5.75 Å². The van der Waals surface area contributed by atoms with Gasteiger partial charge < -0.3 is 9.64 Å². The molecule has 0 radical (unpaired) electrons. The van der Waals surface area contributed by atoms with Crippen molar-refractivity contribution in [2.75, 3.05) is 11.5 Å². The van der Waals surface area contributed by atoms with Crippen molar-refractivity contribution in [2.45, 2.75) is 6.54 Å². The summed E-state index contributed by atoms with van der Waals surface area (Å²) < 4.78 is 6.35. The van der Waals surface area contributed by atoms with Crippen molar-refractivity contribution < 1.29 is 9.53 Å². The molecule has 0 saturated heterocycles. The van der Waals surface area contributed by atoms with Crippen LogP contribution >= 0.6 is 15.9 Å². The zero-order valence-electron chi connectivity index (χ0n) is 10.0. The molecular formula is C14H11BrN2O2. The fourth-order valence-corrected chi connectivity index (χ4v) is 2.37. The molecule has 4 nitrogen and oxygen atoms in total. The summed E-state index contributed by atoms with van der Waals surface area (Å²) in [7, 11) is 0. The predicted octanol–water partition coefficient (Wildman–Crippen LogP) is 2.77. The number of fused-ring (bicyclic) bond motifs is 1. The van der Waals surface area contributed by atoms with Crippen molar-refractivity contribution in [2.24, 2.45) is 0 Å². The Balaban J connectivity index is 1.97. The number of halogens is 1. The molecule has 1 aromatic heterocycles. The molecular weight excluding hydrogens is 308 g/mol. The number of carbonyl (C=O) groups is 1. The van der Waals surface area contributed by atoms with Crippen molar-refractivity contribution in [3.63, 3.8) is 0 Å². The lowest BCUT2D eigenvalue weighted by Gasteiger charge is -2.29. The highest BCUT2D eigenvalue weighted by atomic mass is 79.9. The van der Waals surface area contributed by atoms with E-state index in [2.05, 4.69) is 20.9 Å². The van der Waals surface area contributed by atoms with Crippen LogP contribution in [0.5, 0.6) is 5.75 Å². The standard InChI is InChI=1S/C14H11BrN2O2/c15-11-1-2-13-12(7-11)17(14(18)9-19-13)8-10-3-5-16-6-4-10/h1-7H,8-9H2. The van der Waals surface area contributed by atoms with Gasteiger partial charge in [0.2, 0.25) is 0 Å². The van der Waals surface area contributed by atoms with Crippen molar-refractivity contribution in [3.8, 4) is 5.75 Å². The minimum Gasteiger partial charge on any atom is -0.482 e. The monoisotopic (exact) mass is 318 g/mol. The van der Waals surface area contributed by atoms with Gasteiger partial charge in [0.25, 0.3) is 5.91 Å². The molecule has 0 N–H and O–H groups in total. The van der Waals surface area contributed by atoms with Crippen LogP contribution in [-0.2, 0) is 11.3 Å². The maximum absolute atomic E-state index is 12.0. The molecule has 0 atom stereocenters. The number of nitrogens with zero attached hydrogens (tertiary/aromatic N) is 2. The minimum atomic E-state index is -0.0394. The van der Waals surface area contributed by atoms with E-state index in [1.807, 2.05) is 30.3 Å². The number of amides is 1. The molecule has 1 aromatic carbocycles. The summed E-state index contributed by atoms with van der Waals surface area (Å²) in [5.74, 6) is 0.694. The summed E-state index contributed by atoms with van der Waals surface area (Å²) in [5.41, 5.74) is 1.83. The molecule has 2 heterocycles. The molecule has 0 fully saturated rings. The lowest BCUT2D eigenvalue weighted by molar-refractivity contribution is -0.121. The first-order chi connectivity index (χ1) is 9.24. The van der Waals surface area contributed by atoms with Crippen LogP contribution in [0.2, 0.25) is 0 Å². The molecule has 19 heavy (non-hydrogen) atoms. The molecule has 1 amide bonds. The van der Waals surface area contributed by atoms with Gasteiger partial charge in [-0.3, -0.25) is 9.78 Å². The fourth-order valence-electron chi connectivity index (χ4n) is 2.02. The number of aromatic nitrogens is 1. The summed E-state index contributed by atoms with van der Waals surface area (Å²) in [6.45, 7) is 0.605. The van der Waals surface area contributed by atoms with Gasteiger partial charge in [0.05, 0.1) is 12.2 Å². The van der Waals surface area contributed by atoms with E-state index in [1.165, 1.54) is 0 Å². The Morgan fingerprint density at radius 2 is 2.05 bits per heavy atom. The number of rotatable bonds is 2. The average molecular weight is 319 g/mol. The van der Waals surface area contributed by atoms with Crippen molar-refractivity contribution >= 4 is 27.5 Å². The summed E-state index contributed by atoms with van der Waals surface area (Å²) in [5, 5.41) is 0. The third-order valence-corrected chi connectivity index (χ3v) is 3.45. The summed E-state index contributed by atoms with van der Waals surface area (Å²) in [4.78, 5) is 17.8. The van der Waals surface area contributed by atoms with E-state index < -0.39 is 0 Å². The first-order valence-corrected chi connectivity index (χ1v) is 6.65. The van der Waals surface area contributed by atoms with Gasteiger partial charge in [-0.25, -0.2) is 0 Å². The van der Waals surface area contributed by atoms with Crippen molar-refractivity contribution in [1.29, 1.82) is 0 Å². The Labute approximate surface area is 119 Å². The van der Waals surface area contributed by atoms with E-state index in [9.17, 15) is 4.79 Å². The van der Waals surface area contributed by atoms with Gasteiger partial charge in [-0.1, -0.05) is 15.9 Å². The highest BCUT2D eigenvalue weighted by Crippen LogP contribution is 2.35.